The van der Waals surface area contributed by atoms with Gasteiger partial charge in [-0.3, -0.25) is 9.78 Å². The third-order valence-corrected chi connectivity index (χ3v) is 3.67. The quantitative estimate of drug-likeness (QED) is 0.430. The van der Waals surface area contributed by atoms with Crippen LogP contribution in [0.3, 0.4) is 0 Å². The summed E-state index contributed by atoms with van der Waals surface area (Å²) in [7, 11) is 0. The van der Waals surface area contributed by atoms with Crippen LogP contribution in [0, 0.1) is 0 Å². The molecule has 0 aliphatic heterocycles. The van der Waals surface area contributed by atoms with Crippen LogP contribution < -0.4 is 5.43 Å². The van der Waals surface area contributed by atoms with Crippen LogP contribution >= 0.6 is 11.8 Å². The lowest BCUT2D eigenvalue weighted by molar-refractivity contribution is -0.118. The first-order chi connectivity index (χ1) is 10.8. The van der Waals surface area contributed by atoms with Gasteiger partial charge in [-0.25, -0.2) is 10.4 Å². The topological polar surface area (TPSA) is 83.0 Å². The van der Waals surface area contributed by atoms with Crippen molar-refractivity contribution in [1.29, 1.82) is 0 Å². The first kappa shape index (κ1) is 14.3. The number of H-pyrrole nitrogens is 1. The van der Waals surface area contributed by atoms with Crippen molar-refractivity contribution >= 4 is 34.9 Å². The van der Waals surface area contributed by atoms with Crippen molar-refractivity contribution in [2.45, 2.75) is 5.16 Å². The van der Waals surface area contributed by atoms with Crippen LogP contribution in [0.5, 0.6) is 0 Å². The van der Waals surface area contributed by atoms with Gasteiger partial charge in [0.15, 0.2) is 5.16 Å². The van der Waals surface area contributed by atoms with Gasteiger partial charge in [-0.05, 0) is 18.2 Å². The van der Waals surface area contributed by atoms with Gasteiger partial charge in [0.25, 0.3) is 5.91 Å². The van der Waals surface area contributed by atoms with Crippen molar-refractivity contribution in [1.82, 2.24) is 20.4 Å². The molecule has 0 bridgehead atoms. The van der Waals surface area contributed by atoms with Gasteiger partial charge >= 0.3 is 0 Å². The number of imidazole rings is 1. The van der Waals surface area contributed by atoms with Crippen LogP contribution in [0.25, 0.3) is 11.0 Å². The number of carbonyl (C=O) groups is 1. The second-order valence-electron chi connectivity index (χ2n) is 4.43. The molecular formula is C15H13N5OS. The van der Waals surface area contributed by atoms with E-state index in [2.05, 4.69) is 25.5 Å². The van der Waals surface area contributed by atoms with Crippen LogP contribution in [0.15, 0.2) is 59.0 Å². The van der Waals surface area contributed by atoms with E-state index in [1.807, 2.05) is 30.3 Å². The molecule has 22 heavy (non-hydrogen) atoms. The fourth-order valence-electron chi connectivity index (χ4n) is 1.80. The molecule has 2 N–H and O–H groups in total. The summed E-state index contributed by atoms with van der Waals surface area (Å²) < 4.78 is 0. The van der Waals surface area contributed by atoms with Gasteiger partial charge in [-0.2, -0.15) is 5.10 Å². The van der Waals surface area contributed by atoms with Crippen LogP contribution in [0.1, 0.15) is 5.56 Å². The first-order valence-electron chi connectivity index (χ1n) is 6.61. The summed E-state index contributed by atoms with van der Waals surface area (Å²) in [6.45, 7) is 0. The summed E-state index contributed by atoms with van der Waals surface area (Å²) in [5.74, 6) is 0.0510. The molecular weight excluding hydrogens is 298 g/mol. The minimum Gasteiger partial charge on any atom is -0.333 e. The number of rotatable bonds is 5. The van der Waals surface area contributed by atoms with Crippen LogP contribution in [-0.4, -0.2) is 32.8 Å². The standard InChI is InChI=1S/C15H13N5OS/c21-14(20-17-9-11-4-3-7-16-8-11)10-22-15-18-12-5-1-2-6-13(12)19-15/h1-9H,10H2,(H,18,19)(H,20,21)/b17-9-. The number of nitrogens with zero attached hydrogens (tertiary/aromatic N) is 3. The largest absolute Gasteiger partial charge is 0.333 e. The highest BCUT2D eigenvalue weighted by Crippen LogP contribution is 2.18. The molecule has 0 fully saturated rings. The van der Waals surface area contributed by atoms with Crippen molar-refractivity contribution in [3.8, 4) is 0 Å². The molecule has 3 aromatic rings. The Morgan fingerprint density at radius 1 is 1.32 bits per heavy atom. The number of amides is 1. The average molecular weight is 311 g/mol. The Morgan fingerprint density at radius 3 is 3.05 bits per heavy atom. The number of carbonyl (C=O) groups excluding carboxylic acids is 1. The summed E-state index contributed by atoms with van der Waals surface area (Å²) in [6, 6.07) is 11.4. The molecule has 6 nitrogen and oxygen atoms in total. The van der Waals surface area contributed by atoms with Gasteiger partial charge in [0.05, 0.1) is 23.0 Å². The highest BCUT2D eigenvalue weighted by Gasteiger charge is 2.05. The van der Waals surface area contributed by atoms with Crippen molar-refractivity contribution in [2.75, 3.05) is 5.75 Å². The molecule has 7 heteroatoms. The average Bonchev–Trinajstić information content (AvgIpc) is 2.97. The SMILES string of the molecule is O=C(CSc1nc2ccccc2[nH]1)N/N=C\c1cccnc1. The molecule has 2 heterocycles. The number of para-hydroxylation sites is 2. The predicted octanol–water partition coefficient (Wildman–Crippen LogP) is 2.20. The maximum atomic E-state index is 11.7. The van der Waals surface area contributed by atoms with E-state index in [9.17, 15) is 4.79 Å². The zero-order valence-electron chi connectivity index (χ0n) is 11.6. The number of thioether (sulfide) groups is 1. The number of benzene rings is 1. The van der Waals surface area contributed by atoms with E-state index < -0.39 is 0 Å². The van der Waals surface area contributed by atoms with Crippen molar-refractivity contribution < 1.29 is 4.79 Å². The third kappa shape index (κ3) is 3.70. The Kier molecular flexibility index (Phi) is 4.45. The number of pyridine rings is 1. The number of nitrogens with one attached hydrogen (secondary N) is 2. The monoisotopic (exact) mass is 311 g/mol. The second kappa shape index (κ2) is 6.86. The molecule has 0 radical (unpaired) electrons. The maximum Gasteiger partial charge on any atom is 0.250 e. The lowest BCUT2D eigenvalue weighted by atomic mass is 10.3. The van der Waals surface area contributed by atoms with E-state index in [4.69, 9.17) is 0 Å². The number of aromatic nitrogens is 3. The fraction of sp³-hybridized carbons (Fsp3) is 0.0667. The molecule has 1 aromatic carbocycles. The highest BCUT2D eigenvalue weighted by molar-refractivity contribution is 7.99. The Morgan fingerprint density at radius 2 is 2.23 bits per heavy atom. The minimum absolute atomic E-state index is 0.189. The molecule has 0 spiro atoms. The summed E-state index contributed by atoms with van der Waals surface area (Å²) in [5, 5.41) is 4.60. The van der Waals surface area contributed by atoms with Crippen molar-refractivity contribution in [3.05, 3.63) is 54.4 Å². The summed E-state index contributed by atoms with van der Waals surface area (Å²) in [4.78, 5) is 23.2. The van der Waals surface area contributed by atoms with Gasteiger partial charge in [-0.15, -0.1) is 0 Å². The molecule has 0 aliphatic rings. The number of aromatic amines is 1. The minimum atomic E-state index is -0.189. The molecule has 2 aromatic heterocycles. The van der Waals surface area contributed by atoms with Crippen LogP contribution in [-0.2, 0) is 4.79 Å². The summed E-state index contributed by atoms with van der Waals surface area (Å²) in [6.07, 6.45) is 4.90. The summed E-state index contributed by atoms with van der Waals surface area (Å²) >= 11 is 1.34. The second-order valence-corrected chi connectivity index (χ2v) is 5.39. The zero-order chi connectivity index (χ0) is 15.2. The fourth-order valence-corrected chi connectivity index (χ4v) is 2.47. The van der Waals surface area contributed by atoms with Gasteiger partial charge in [0.2, 0.25) is 0 Å². The Labute approximate surface area is 131 Å². The number of hydrazone groups is 1. The molecule has 110 valence electrons. The molecule has 0 aliphatic carbocycles. The smallest absolute Gasteiger partial charge is 0.250 e. The van der Waals surface area contributed by atoms with Gasteiger partial charge in [0.1, 0.15) is 0 Å². The number of hydrogen-bond donors (Lipinski definition) is 2. The molecule has 0 saturated carbocycles. The summed E-state index contributed by atoms with van der Waals surface area (Å²) in [5.41, 5.74) is 5.15. The Hall–Kier alpha value is -2.67. The Bertz CT molecular complexity index is 767. The molecule has 0 atom stereocenters. The van der Waals surface area contributed by atoms with Crippen LogP contribution in [0.4, 0.5) is 0 Å². The van der Waals surface area contributed by atoms with E-state index in [1.165, 1.54) is 11.8 Å². The van der Waals surface area contributed by atoms with E-state index in [0.717, 1.165) is 16.6 Å². The highest BCUT2D eigenvalue weighted by atomic mass is 32.2. The lowest BCUT2D eigenvalue weighted by Gasteiger charge is -1.97. The Balaban J connectivity index is 1.51. The lowest BCUT2D eigenvalue weighted by Crippen LogP contribution is -2.19. The molecule has 0 saturated heterocycles. The van der Waals surface area contributed by atoms with E-state index in [-0.39, 0.29) is 11.7 Å². The van der Waals surface area contributed by atoms with E-state index >= 15 is 0 Å². The third-order valence-electron chi connectivity index (χ3n) is 2.79. The molecule has 1 amide bonds. The van der Waals surface area contributed by atoms with Gasteiger partial charge < -0.3 is 4.98 Å². The van der Waals surface area contributed by atoms with E-state index in [1.54, 1.807) is 24.7 Å². The zero-order valence-corrected chi connectivity index (χ0v) is 12.4. The van der Waals surface area contributed by atoms with Crippen molar-refractivity contribution in [3.63, 3.8) is 0 Å². The van der Waals surface area contributed by atoms with Crippen molar-refractivity contribution in [2.24, 2.45) is 5.10 Å². The molecule has 3 rings (SSSR count). The molecule has 0 unspecified atom stereocenters. The van der Waals surface area contributed by atoms with Gasteiger partial charge in [-0.1, -0.05) is 30.0 Å². The maximum absolute atomic E-state index is 11.7. The predicted molar refractivity (Wildman–Crippen MR) is 86.8 cm³/mol. The normalized spacial score (nSPS) is 11.1. The van der Waals surface area contributed by atoms with Crippen LogP contribution in [0.2, 0.25) is 0 Å². The van der Waals surface area contributed by atoms with Gasteiger partial charge in [0, 0.05) is 18.0 Å². The number of fused-ring (bicyclic) bond motifs is 1. The van der Waals surface area contributed by atoms with E-state index in [0.29, 0.717) is 5.16 Å². The first-order valence-corrected chi connectivity index (χ1v) is 7.59. The number of hydrogen-bond acceptors (Lipinski definition) is 5.